The van der Waals surface area contributed by atoms with E-state index in [1.165, 1.54) is 32.5 Å². The Hall–Kier alpha value is -2.67. The molecule has 24 heavy (non-hydrogen) atoms. The number of methoxy groups -OCH3 is 2. The van der Waals surface area contributed by atoms with Crippen molar-refractivity contribution in [3.63, 3.8) is 0 Å². The fourth-order valence-electron chi connectivity index (χ4n) is 2.16. The number of Topliss-reactive ketones (excluding diaryl/α,β-unsaturated/α-hetero) is 1. The SMILES string of the molecule is COC(=O)c1sccc1NC(=O)Cc1cc(C(C)=O)ccc1OC. The summed E-state index contributed by atoms with van der Waals surface area (Å²) in [6.07, 6.45) is 0.0146. The van der Waals surface area contributed by atoms with Crippen molar-refractivity contribution in [2.75, 3.05) is 19.5 Å². The first-order chi connectivity index (χ1) is 11.5. The molecule has 1 amide bonds. The van der Waals surface area contributed by atoms with Crippen LogP contribution in [0.1, 0.15) is 32.5 Å². The molecule has 0 atom stereocenters. The summed E-state index contributed by atoms with van der Waals surface area (Å²) in [4.78, 5) is 35.8. The average molecular weight is 347 g/mol. The van der Waals surface area contributed by atoms with E-state index in [0.717, 1.165) is 0 Å². The normalized spacial score (nSPS) is 10.1. The van der Waals surface area contributed by atoms with Gasteiger partial charge < -0.3 is 14.8 Å². The van der Waals surface area contributed by atoms with Crippen molar-refractivity contribution in [3.8, 4) is 5.75 Å². The van der Waals surface area contributed by atoms with E-state index in [-0.39, 0.29) is 18.1 Å². The number of hydrogen-bond donors (Lipinski definition) is 1. The summed E-state index contributed by atoms with van der Waals surface area (Å²) in [7, 11) is 2.78. The van der Waals surface area contributed by atoms with E-state index in [2.05, 4.69) is 10.1 Å². The Labute approximate surface area is 143 Å². The van der Waals surface area contributed by atoms with Crippen LogP contribution in [0.25, 0.3) is 0 Å². The predicted octanol–water partition coefficient (Wildman–Crippen LogP) is 2.93. The molecule has 0 aliphatic rings. The number of carbonyl (C=O) groups is 3. The Morgan fingerprint density at radius 3 is 2.54 bits per heavy atom. The molecule has 0 fully saturated rings. The van der Waals surface area contributed by atoms with Crippen LogP contribution in [0.5, 0.6) is 5.75 Å². The molecule has 0 bridgehead atoms. The molecule has 1 aromatic heterocycles. The lowest BCUT2D eigenvalue weighted by molar-refractivity contribution is -0.115. The van der Waals surface area contributed by atoms with Gasteiger partial charge in [0.25, 0.3) is 0 Å². The van der Waals surface area contributed by atoms with Crippen molar-refractivity contribution < 1.29 is 23.9 Å². The minimum atomic E-state index is -0.503. The number of carbonyl (C=O) groups excluding carboxylic acids is 3. The highest BCUT2D eigenvalue weighted by Gasteiger charge is 2.17. The van der Waals surface area contributed by atoms with Gasteiger partial charge in [-0.3, -0.25) is 9.59 Å². The summed E-state index contributed by atoms with van der Waals surface area (Å²) in [5, 5.41) is 4.38. The van der Waals surface area contributed by atoms with E-state index in [9.17, 15) is 14.4 Å². The molecule has 0 radical (unpaired) electrons. The summed E-state index contributed by atoms with van der Waals surface area (Å²) >= 11 is 1.19. The van der Waals surface area contributed by atoms with Gasteiger partial charge in [-0.1, -0.05) is 0 Å². The average Bonchev–Trinajstić information content (AvgIpc) is 3.01. The number of benzene rings is 1. The third kappa shape index (κ3) is 3.99. The monoisotopic (exact) mass is 347 g/mol. The number of rotatable bonds is 6. The fraction of sp³-hybridized carbons (Fsp3) is 0.235. The molecule has 2 aromatic rings. The van der Waals surface area contributed by atoms with Crippen molar-refractivity contribution in [3.05, 3.63) is 45.6 Å². The lowest BCUT2D eigenvalue weighted by Crippen LogP contribution is -2.16. The second kappa shape index (κ2) is 7.74. The van der Waals surface area contributed by atoms with Crippen LogP contribution in [0.15, 0.2) is 29.6 Å². The van der Waals surface area contributed by atoms with E-state index >= 15 is 0 Å². The highest BCUT2D eigenvalue weighted by molar-refractivity contribution is 7.12. The summed E-state index contributed by atoms with van der Waals surface area (Å²) in [6.45, 7) is 1.46. The molecule has 0 aliphatic heterocycles. The largest absolute Gasteiger partial charge is 0.496 e. The second-order valence-electron chi connectivity index (χ2n) is 4.96. The van der Waals surface area contributed by atoms with Crippen LogP contribution in [0, 0.1) is 0 Å². The van der Waals surface area contributed by atoms with Gasteiger partial charge in [-0.15, -0.1) is 11.3 Å². The van der Waals surface area contributed by atoms with Gasteiger partial charge in [0.05, 0.1) is 26.3 Å². The van der Waals surface area contributed by atoms with Crippen molar-refractivity contribution in [2.45, 2.75) is 13.3 Å². The zero-order valence-corrected chi connectivity index (χ0v) is 14.4. The molecule has 0 aliphatic carbocycles. The number of hydrogen-bond acceptors (Lipinski definition) is 6. The van der Waals surface area contributed by atoms with Gasteiger partial charge in [0, 0.05) is 11.1 Å². The molecule has 1 N–H and O–H groups in total. The number of nitrogens with one attached hydrogen (secondary N) is 1. The van der Waals surface area contributed by atoms with Crippen molar-refractivity contribution in [2.24, 2.45) is 0 Å². The maximum atomic E-state index is 12.3. The molecule has 126 valence electrons. The summed E-state index contributed by atoms with van der Waals surface area (Å²) in [6, 6.07) is 6.58. The van der Waals surface area contributed by atoms with E-state index in [4.69, 9.17) is 4.74 Å². The summed E-state index contributed by atoms with van der Waals surface area (Å²) < 4.78 is 9.91. The molecule has 7 heteroatoms. The fourth-order valence-corrected chi connectivity index (χ4v) is 2.93. The number of ether oxygens (including phenoxy) is 2. The minimum Gasteiger partial charge on any atom is -0.496 e. The van der Waals surface area contributed by atoms with E-state index in [1.807, 2.05) is 0 Å². The van der Waals surface area contributed by atoms with Crippen LogP contribution < -0.4 is 10.1 Å². The van der Waals surface area contributed by atoms with Crippen LogP contribution in [-0.4, -0.2) is 31.9 Å². The molecule has 6 nitrogen and oxygen atoms in total. The maximum absolute atomic E-state index is 12.3. The van der Waals surface area contributed by atoms with Crippen molar-refractivity contribution >= 4 is 34.7 Å². The zero-order valence-electron chi connectivity index (χ0n) is 13.5. The quantitative estimate of drug-likeness (QED) is 0.642. The number of ketones is 1. The van der Waals surface area contributed by atoms with Crippen LogP contribution >= 0.6 is 11.3 Å². The van der Waals surface area contributed by atoms with Gasteiger partial charge in [0.2, 0.25) is 5.91 Å². The number of thiophene rings is 1. The first kappa shape index (κ1) is 17.7. The summed E-state index contributed by atoms with van der Waals surface area (Å²) in [5.41, 5.74) is 1.50. The number of amides is 1. The van der Waals surface area contributed by atoms with Crippen LogP contribution in [0.4, 0.5) is 5.69 Å². The van der Waals surface area contributed by atoms with Gasteiger partial charge in [-0.25, -0.2) is 4.79 Å². The van der Waals surface area contributed by atoms with Crippen molar-refractivity contribution in [1.29, 1.82) is 0 Å². The van der Waals surface area contributed by atoms with Crippen LogP contribution in [0.3, 0.4) is 0 Å². The second-order valence-corrected chi connectivity index (χ2v) is 5.88. The maximum Gasteiger partial charge on any atom is 0.350 e. The topological polar surface area (TPSA) is 81.7 Å². The molecule has 0 unspecified atom stereocenters. The Balaban J connectivity index is 2.18. The minimum absolute atomic E-state index is 0.0146. The Morgan fingerprint density at radius 1 is 1.17 bits per heavy atom. The molecule has 0 spiro atoms. The van der Waals surface area contributed by atoms with Crippen molar-refractivity contribution in [1.82, 2.24) is 0 Å². The molecular weight excluding hydrogens is 330 g/mol. The third-order valence-electron chi connectivity index (χ3n) is 3.35. The molecule has 1 heterocycles. The van der Waals surface area contributed by atoms with Gasteiger partial charge in [-0.05, 0) is 36.6 Å². The smallest absolute Gasteiger partial charge is 0.350 e. The first-order valence-electron chi connectivity index (χ1n) is 7.09. The summed E-state index contributed by atoms with van der Waals surface area (Å²) in [5.74, 6) is -0.396. The van der Waals surface area contributed by atoms with Gasteiger partial charge in [0.15, 0.2) is 5.78 Å². The molecule has 2 rings (SSSR count). The highest BCUT2D eigenvalue weighted by Crippen LogP contribution is 2.25. The lowest BCUT2D eigenvalue weighted by Gasteiger charge is -2.10. The van der Waals surface area contributed by atoms with Crippen LogP contribution in [-0.2, 0) is 16.0 Å². The number of esters is 1. The Kier molecular flexibility index (Phi) is 5.70. The predicted molar refractivity (Wildman–Crippen MR) is 91.0 cm³/mol. The first-order valence-corrected chi connectivity index (χ1v) is 7.97. The van der Waals surface area contributed by atoms with E-state index < -0.39 is 5.97 Å². The molecule has 0 saturated heterocycles. The third-order valence-corrected chi connectivity index (χ3v) is 4.24. The van der Waals surface area contributed by atoms with Gasteiger partial charge >= 0.3 is 5.97 Å². The Bertz CT molecular complexity index is 781. The Morgan fingerprint density at radius 2 is 1.92 bits per heavy atom. The highest BCUT2D eigenvalue weighted by atomic mass is 32.1. The van der Waals surface area contributed by atoms with Gasteiger partial charge in [-0.2, -0.15) is 0 Å². The molecule has 1 aromatic carbocycles. The molecular formula is C17H17NO5S. The van der Waals surface area contributed by atoms with E-state index in [0.29, 0.717) is 27.4 Å². The van der Waals surface area contributed by atoms with Gasteiger partial charge in [0.1, 0.15) is 10.6 Å². The molecule has 0 saturated carbocycles. The van der Waals surface area contributed by atoms with E-state index in [1.54, 1.807) is 29.6 Å². The lowest BCUT2D eigenvalue weighted by atomic mass is 10.0. The standard InChI is InChI=1S/C17H17NO5S/c1-10(19)11-4-5-14(22-2)12(8-11)9-15(20)18-13-6-7-24-16(13)17(21)23-3/h4-8H,9H2,1-3H3,(H,18,20). The number of anilines is 1. The van der Waals surface area contributed by atoms with Crippen LogP contribution in [0.2, 0.25) is 0 Å². The zero-order chi connectivity index (χ0) is 17.7.